The Bertz CT molecular complexity index is 784. The van der Waals surface area contributed by atoms with Crippen LogP contribution in [0, 0.1) is 6.92 Å². The number of aryl methyl sites for hydroxylation is 1. The maximum Gasteiger partial charge on any atom is 0.305 e. The van der Waals surface area contributed by atoms with Crippen molar-refractivity contribution in [2.24, 2.45) is 0 Å². The second kappa shape index (κ2) is 6.87. The van der Waals surface area contributed by atoms with E-state index in [1.807, 2.05) is 18.2 Å². The number of hydrogen-bond donors (Lipinski definition) is 2. The molecule has 0 saturated heterocycles. The van der Waals surface area contributed by atoms with E-state index in [0.29, 0.717) is 5.69 Å². The molecule has 0 unspecified atom stereocenters. The molecule has 0 aliphatic heterocycles. The predicted octanol–water partition coefficient (Wildman–Crippen LogP) is 1.13. The SMILES string of the molecule is Cc1cc(=O)c(C(=O)N[C@H](C)CC(=O)O)nn1-c1ccccc1. The van der Waals surface area contributed by atoms with Crippen LogP contribution in [0.1, 0.15) is 29.5 Å². The van der Waals surface area contributed by atoms with Crippen LogP contribution in [0.15, 0.2) is 41.2 Å². The van der Waals surface area contributed by atoms with Gasteiger partial charge in [-0.3, -0.25) is 14.4 Å². The summed E-state index contributed by atoms with van der Waals surface area (Å²) in [7, 11) is 0. The van der Waals surface area contributed by atoms with E-state index < -0.39 is 23.3 Å². The summed E-state index contributed by atoms with van der Waals surface area (Å²) in [5, 5.41) is 15.3. The van der Waals surface area contributed by atoms with Gasteiger partial charge in [-0.25, -0.2) is 4.68 Å². The Morgan fingerprint density at radius 3 is 2.57 bits per heavy atom. The number of amides is 1. The van der Waals surface area contributed by atoms with Gasteiger partial charge in [-0.15, -0.1) is 0 Å². The van der Waals surface area contributed by atoms with E-state index in [4.69, 9.17) is 5.11 Å². The zero-order valence-corrected chi connectivity index (χ0v) is 12.8. The molecule has 2 rings (SSSR count). The van der Waals surface area contributed by atoms with E-state index in [9.17, 15) is 14.4 Å². The molecule has 0 aliphatic rings. The lowest BCUT2D eigenvalue weighted by atomic mass is 10.2. The van der Waals surface area contributed by atoms with Gasteiger partial charge in [0.1, 0.15) is 0 Å². The van der Waals surface area contributed by atoms with Crippen molar-refractivity contribution in [3.63, 3.8) is 0 Å². The van der Waals surface area contributed by atoms with Crippen LogP contribution in [0.3, 0.4) is 0 Å². The number of carbonyl (C=O) groups is 2. The number of aliphatic carboxylic acids is 1. The highest BCUT2D eigenvalue weighted by Gasteiger charge is 2.18. The molecule has 7 nitrogen and oxygen atoms in total. The van der Waals surface area contributed by atoms with Crippen molar-refractivity contribution in [1.29, 1.82) is 0 Å². The summed E-state index contributed by atoms with van der Waals surface area (Å²) in [5.41, 5.74) is 0.542. The molecule has 1 aromatic carbocycles. The fourth-order valence-electron chi connectivity index (χ4n) is 2.14. The lowest BCUT2D eigenvalue weighted by molar-refractivity contribution is -0.137. The lowest BCUT2D eigenvalue weighted by Gasteiger charge is -2.13. The molecule has 0 spiro atoms. The Morgan fingerprint density at radius 2 is 1.96 bits per heavy atom. The van der Waals surface area contributed by atoms with Crippen LogP contribution in [-0.2, 0) is 4.79 Å². The summed E-state index contributed by atoms with van der Waals surface area (Å²) < 4.78 is 1.50. The van der Waals surface area contributed by atoms with Gasteiger partial charge in [0.15, 0.2) is 5.69 Å². The quantitative estimate of drug-likeness (QED) is 0.861. The number of hydrogen-bond acceptors (Lipinski definition) is 4. The van der Waals surface area contributed by atoms with Crippen LogP contribution >= 0.6 is 0 Å². The Hall–Kier alpha value is -2.96. The van der Waals surface area contributed by atoms with E-state index in [-0.39, 0.29) is 12.1 Å². The number of carboxylic acids is 1. The molecule has 0 saturated carbocycles. The van der Waals surface area contributed by atoms with Gasteiger partial charge >= 0.3 is 5.97 Å². The van der Waals surface area contributed by atoms with Crippen molar-refractivity contribution in [2.45, 2.75) is 26.3 Å². The minimum Gasteiger partial charge on any atom is -0.481 e. The highest BCUT2D eigenvalue weighted by molar-refractivity contribution is 5.92. The zero-order chi connectivity index (χ0) is 17.0. The highest BCUT2D eigenvalue weighted by atomic mass is 16.4. The van der Waals surface area contributed by atoms with Gasteiger partial charge in [-0.2, -0.15) is 5.10 Å². The molecule has 2 aromatic rings. The first-order valence-corrected chi connectivity index (χ1v) is 7.07. The fourth-order valence-corrected chi connectivity index (χ4v) is 2.14. The van der Waals surface area contributed by atoms with Gasteiger partial charge < -0.3 is 10.4 Å². The molecule has 0 bridgehead atoms. The first-order valence-electron chi connectivity index (χ1n) is 7.07. The van der Waals surface area contributed by atoms with Gasteiger partial charge in [-0.1, -0.05) is 18.2 Å². The number of nitrogens with zero attached hydrogens (tertiary/aromatic N) is 2. The second-order valence-electron chi connectivity index (χ2n) is 5.22. The Morgan fingerprint density at radius 1 is 1.30 bits per heavy atom. The molecule has 7 heteroatoms. The van der Waals surface area contributed by atoms with E-state index in [1.54, 1.807) is 26.0 Å². The molecule has 0 aliphatic carbocycles. The molecule has 1 atom stereocenters. The number of nitrogens with one attached hydrogen (secondary N) is 1. The third kappa shape index (κ3) is 4.03. The number of carbonyl (C=O) groups excluding carboxylic acids is 1. The van der Waals surface area contributed by atoms with E-state index in [0.717, 1.165) is 5.69 Å². The summed E-state index contributed by atoms with van der Waals surface area (Å²) in [4.78, 5) is 34.8. The minimum absolute atomic E-state index is 0.232. The standard InChI is InChI=1S/C16H17N3O4/c1-10(8-14(21)22)17-16(23)15-13(20)9-11(2)19(18-15)12-6-4-3-5-7-12/h3-7,9-10H,8H2,1-2H3,(H,17,23)(H,21,22)/t10-/m1/s1. The third-order valence-electron chi connectivity index (χ3n) is 3.18. The maximum atomic E-state index is 12.2. The molecule has 120 valence electrons. The molecule has 0 radical (unpaired) electrons. The monoisotopic (exact) mass is 315 g/mol. The average molecular weight is 315 g/mol. The summed E-state index contributed by atoms with van der Waals surface area (Å²) in [6, 6.07) is 9.83. The molecule has 1 amide bonds. The van der Waals surface area contributed by atoms with Gasteiger partial charge in [-0.05, 0) is 26.0 Å². The summed E-state index contributed by atoms with van der Waals surface area (Å²) in [6.45, 7) is 3.27. The van der Waals surface area contributed by atoms with Gasteiger partial charge in [0, 0.05) is 17.8 Å². The predicted molar refractivity (Wildman–Crippen MR) is 83.8 cm³/mol. The summed E-state index contributed by atoms with van der Waals surface area (Å²) >= 11 is 0. The smallest absolute Gasteiger partial charge is 0.305 e. The Labute approximate surface area is 132 Å². The van der Waals surface area contributed by atoms with E-state index in [1.165, 1.54) is 10.7 Å². The topological polar surface area (TPSA) is 101 Å². The summed E-state index contributed by atoms with van der Waals surface area (Å²) in [5.74, 6) is -1.72. The molecular formula is C16H17N3O4. The van der Waals surface area contributed by atoms with Crippen LogP contribution in [0.25, 0.3) is 5.69 Å². The number of carboxylic acid groups (broad SMARTS) is 1. The van der Waals surface area contributed by atoms with Gasteiger partial charge in [0.2, 0.25) is 5.43 Å². The molecule has 23 heavy (non-hydrogen) atoms. The molecular weight excluding hydrogens is 298 g/mol. The zero-order valence-electron chi connectivity index (χ0n) is 12.8. The third-order valence-corrected chi connectivity index (χ3v) is 3.18. The normalized spacial score (nSPS) is 11.7. The largest absolute Gasteiger partial charge is 0.481 e. The van der Waals surface area contributed by atoms with Gasteiger partial charge in [0.05, 0.1) is 12.1 Å². The van der Waals surface area contributed by atoms with Crippen LogP contribution < -0.4 is 10.7 Å². The van der Waals surface area contributed by atoms with Crippen molar-refractivity contribution in [2.75, 3.05) is 0 Å². The summed E-state index contributed by atoms with van der Waals surface area (Å²) in [6.07, 6.45) is -0.232. The van der Waals surface area contributed by atoms with Crippen LogP contribution in [-0.4, -0.2) is 32.8 Å². The number of aromatic nitrogens is 2. The molecule has 2 N–H and O–H groups in total. The van der Waals surface area contributed by atoms with Crippen molar-refractivity contribution >= 4 is 11.9 Å². The van der Waals surface area contributed by atoms with E-state index >= 15 is 0 Å². The van der Waals surface area contributed by atoms with Crippen LogP contribution in [0.2, 0.25) is 0 Å². The average Bonchev–Trinajstić information content (AvgIpc) is 2.47. The molecule has 1 heterocycles. The fraction of sp³-hybridized carbons (Fsp3) is 0.250. The highest BCUT2D eigenvalue weighted by Crippen LogP contribution is 2.08. The number of benzene rings is 1. The Kier molecular flexibility index (Phi) is 4.90. The van der Waals surface area contributed by atoms with Crippen LogP contribution in [0.5, 0.6) is 0 Å². The van der Waals surface area contributed by atoms with Crippen LogP contribution in [0.4, 0.5) is 0 Å². The van der Waals surface area contributed by atoms with Crippen molar-refractivity contribution < 1.29 is 14.7 Å². The number of para-hydroxylation sites is 1. The first kappa shape index (κ1) is 16.4. The van der Waals surface area contributed by atoms with Crippen molar-refractivity contribution in [3.05, 3.63) is 58.0 Å². The maximum absolute atomic E-state index is 12.2. The Balaban J connectivity index is 2.34. The number of rotatable bonds is 5. The lowest BCUT2D eigenvalue weighted by Crippen LogP contribution is -2.38. The first-order chi connectivity index (χ1) is 10.9. The molecule has 0 fully saturated rings. The second-order valence-corrected chi connectivity index (χ2v) is 5.22. The van der Waals surface area contributed by atoms with E-state index in [2.05, 4.69) is 10.4 Å². The van der Waals surface area contributed by atoms with Gasteiger partial charge in [0.25, 0.3) is 5.91 Å². The van der Waals surface area contributed by atoms with Crippen molar-refractivity contribution in [1.82, 2.24) is 15.1 Å². The van der Waals surface area contributed by atoms with Crippen molar-refractivity contribution in [3.8, 4) is 5.69 Å². The molecule has 1 aromatic heterocycles. The minimum atomic E-state index is -1.03.